The topological polar surface area (TPSA) is 0 Å². The van der Waals surface area contributed by atoms with Gasteiger partial charge in [-0.25, -0.2) is 0 Å². The van der Waals surface area contributed by atoms with Crippen LogP contribution in [-0.2, 0) is 0 Å². The summed E-state index contributed by atoms with van der Waals surface area (Å²) in [4.78, 5) is -0.704. The number of hydrogen-bond donors (Lipinski definition) is 0. The molecule has 0 amide bonds. The van der Waals surface area contributed by atoms with Gasteiger partial charge in [-0.3, -0.25) is 0 Å². The molecule has 0 saturated heterocycles. The third-order valence-electron chi connectivity index (χ3n) is 2.58. The van der Waals surface area contributed by atoms with Crippen LogP contribution in [0.4, 0.5) is 26.3 Å². The smallest absolute Gasteiger partial charge is 0.171 e. The van der Waals surface area contributed by atoms with E-state index in [4.69, 9.17) is 0 Å². The van der Waals surface area contributed by atoms with Crippen LogP contribution in [-0.4, -0.2) is 17.2 Å². The molecule has 0 heterocycles. The van der Waals surface area contributed by atoms with Gasteiger partial charge in [0.1, 0.15) is 0 Å². The van der Waals surface area contributed by atoms with Gasteiger partial charge in [0.2, 0.25) is 0 Å². The normalized spacial score (nSPS) is 34.2. The first-order valence-electron chi connectivity index (χ1n) is 4.38. The van der Waals surface area contributed by atoms with Crippen LogP contribution < -0.4 is 0 Å². The number of hydrogen-bond acceptors (Lipinski definition) is 0. The Morgan fingerprint density at radius 2 is 1.07 bits per heavy atom. The van der Waals surface area contributed by atoms with Crippen LogP contribution in [0.25, 0.3) is 0 Å². The van der Waals surface area contributed by atoms with E-state index in [1.165, 1.54) is 0 Å². The predicted molar refractivity (Wildman–Crippen MR) is 45.7 cm³/mol. The van der Waals surface area contributed by atoms with Crippen molar-refractivity contribution < 1.29 is 26.3 Å². The van der Waals surface area contributed by atoms with Crippen molar-refractivity contribution in [3.8, 4) is 0 Å². The van der Waals surface area contributed by atoms with E-state index in [-0.39, 0.29) is 12.8 Å². The Hall–Kier alpha value is 0.0600. The summed E-state index contributed by atoms with van der Waals surface area (Å²) in [5, 5.41) is 0. The lowest BCUT2D eigenvalue weighted by Crippen LogP contribution is -2.38. The first kappa shape index (κ1) is 13.1. The second kappa shape index (κ2) is 4.14. The predicted octanol–water partition coefficient (Wildman–Crippen LogP) is 4.29. The van der Waals surface area contributed by atoms with E-state index >= 15 is 0 Å². The molecule has 0 aromatic carbocycles. The molecule has 1 aliphatic rings. The van der Waals surface area contributed by atoms with Gasteiger partial charge < -0.3 is 0 Å². The van der Waals surface area contributed by atoms with Crippen molar-refractivity contribution in [2.24, 2.45) is 11.8 Å². The zero-order valence-corrected chi connectivity index (χ0v) is 9.09. The summed E-state index contributed by atoms with van der Waals surface area (Å²) in [6.45, 7) is 0. The van der Waals surface area contributed by atoms with Crippen LogP contribution >= 0.6 is 15.9 Å². The highest BCUT2D eigenvalue weighted by atomic mass is 79.9. The average Bonchev–Trinajstić information content (AvgIpc) is 1.99. The number of halogens is 7. The van der Waals surface area contributed by atoms with E-state index in [1.807, 2.05) is 0 Å². The Morgan fingerprint density at radius 1 is 0.733 bits per heavy atom. The maximum Gasteiger partial charge on any atom is 0.391 e. The summed E-state index contributed by atoms with van der Waals surface area (Å²) < 4.78 is 73.7. The van der Waals surface area contributed by atoms with Gasteiger partial charge in [0, 0.05) is 4.83 Å². The highest BCUT2D eigenvalue weighted by Crippen LogP contribution is 2.47. The van der Waals surface area contributed by atoms with Crippen molar-refractivity contribution in [2.45, 2.75) is 36.4 Å². The molecule has 2 unspecified atom stereocenters. The van der Waals surface area contributed by atoms with E-state index in [1.54, 1.807) is 0 Å². The highest BCUT2D eigenvalue weighted by Gasteiger charge is 2.51. The fourth-order valence-electron chi connectivity index (χ4n) is 1.78. The SMILES string of the molecule is FC(F)(F)C1CC(Br)CC(C(F)(F)F)C1. The van der Waals surface area contributed by atoms with Gasteiger partial charge in [-0.2, -0.15) is 26.3 Å². The first-order valence-corrected chi connectivity index (χ1v) is 5.29. The molecular weight excluding hydrogens is 290 g/mol. The molecule has 90 valence electrons. The summed E-state index contributed by atoms with van der Waals surface area (Å²) in [7, 11) is 0. The van der Waals surface area contributed by atoms with Crippen LogP contribution in [0.5, 0.6) is 0 Å². The lowest BCUT2D eigenvalue weighted by molar-refractivity contribution is -0.221. The average molecular weight is 299 g/mol. The first-order chi connectivity index (χ1) is 6.60. The minimum atomic E-state index is -4.53. The molecular formula is C8H9BrF6. The van der Waals surface area contributed by atoms with Crippen LogP contribution in [0.2, 0.25) is 0 Å². The lowest BCUT2D eigenvalue weighted by Gasteiger charge is -2.34. The van der Waals surface area contributed by atoms with Crippen molar-refractivity contribution in [1.82, 2.24) is 0 Å². The molecule has 1 saturated carbocycles. The van der Waals surface area contributed by atoms with Crippen molar-refractivity contribution in [1.29, 1.82) is 0 Å². The van der Waals surface area contributed by atoms with Crippen molar-refractivity contribution in [2.75, 3.05) is 0 Å². The second-order valence-electron chi connectivity index (χ2n) is 3.78. The van der Waals surface area contributed by atoms with E-state index in [2.05, 4.69) is 15.9 Å². The molecule has 0 spiro atoms. The quantitative estimate of drug-likeness (QED) is 0.462. The third kappa shape index (κ3) is 3.53. The zero-order valence-electron chi connectivity index (χ0n) is 7.50. The largest absolute Gasteiger partial charge is 0.391 e. The van der Waals surface area contributed by atoms with Gasteiger partial charge in [0.05, 0.1) is 11.8 Å². The maximum absolute atomic E-state index is 12.3. The molecule has 0 aromatic rings. The van der Waals surface area contributed by atoms with Crippen molar-refractivity contribution in [3.05, 3.63) is 0 Å². The summed E-state index contributed by atoms with van der Waals surface area (Å²) in [6, 6.07) is 0. The van der Waals surface area contributed by atoms with Crippen LogP contribution in [0.3, 0.4) is 0 Å². The summed E-state index contributed by atoms with van der Waals surface area (Å²) in [5.74, 6) is -3.69. The Labute approximate surface area is 91.1 Å². The second-order valence-corrected chi connectivity index (χ2v) is 5.08. The van der Waals surface area contributed by atoms with Gasteiger partial charge >= 0.3 is 12.4 Å². The van der Waals surface area contributed by atoms with Crippen molar-refractivity contribution in [3.63, 3.8) is 0 Å². The van der Waals surface area contributed by atoms with E-state index in [0.717, 1.165) is 0 Å². The molecule has 15 heavy (non-hydrogen) atoms. The van der Waals surface area contributed by atoms with Crippen molar-refractivity contribution >= 4 is 15.9 Å². The molecule has 0 aromatic heterocycles. The minimum absolute atomic E-state index is 0.268. The van der Waals surface area contributed by atoms with Gasteiger partial charge in [-0.05, 0) is 19.3 Å². The van der Waals surface area contributed by atoms with Crippen LogP contribution in [0, 0.1) is 11.8 Å². The Morgan fingerprint density at radius 3 is 1.33 bits per heavy atom. The third-order valence-corrected chi connectivity index (χ3v) is 3.32. The monoisotopic (exact) mass is 298 g/mol. The van der Waals surface area contributed by atoms with E-state index < -0.39 is 35.4 Å². The molecule has 2 atom stereocenters. The van der Waals surface area contributed by atoms with Crippen LogP contribution in [0.15, 0.2) is 0 Å². The van der Waals surface area contributed by atoms with E-state index in [0.29, 0.717) is 0 Å². The Kier molecular flexibility index (Phi) is 3.63. The van der Waals surface area contributed by atoms with E-state index in [9.17, 15) is 26.3 Å². The molecule has 0 bridgehead atoms. The fraction of sp³-hybridized carbons (Fsp3) is 1.00. The van der Waals surface area contributed by atoms with Crippen LogP contribution in [0.1, 0.15) is 19.3 Å². The molecule has 1 fully saturated rings. The molecule has 1 aliphatic carbocycles. The molecule has 0 radical (unpaired) electrons. The number of rotatable bonds is 0. The summed E-state index contributed by atoms with van der Waals surface area (Å²) in [6.07, 6.45) is -10.4. The lowest BCUT2D eigenvalue weighted by atomic mass is 9.80. The zero-order chi connectivity index (χ0) is 11.9. The standard InChI is InChI=1S/C8H9BrF6/c9-6-2-4(7(10,11)12)1-5(3-6)8(13,14)15/h4-6H,1-3H2. The minimum Gasteiger partial charge on any atom is -0.171 e. The molecule has 0 nitrogen and oxygen atoms in total. The Balaban J connectivity index is 2.73. The highest BCUT2D eigenvalue weighted by molar-refractivity contribution is 9.09. The van der Waals surface area contributed by atoms with Gasteiger partial charge in [0.25, 0.3) is 0 Å². The number of alkyl halides is 7. The Bertz CT molecular complexity index is 198. The van der Waals surface area contributed by atoms with Gasteiger partial charge in [-0.1, -0.05) is 15.9 Å². The fourth-order valence-corrected chi connectivity index (χ4v) is 2.69. The summed E-state index contributed by atoms with van der Waals surface area (Å²) >= 11 is 2.85. The van der Waals surface area contributed by atoms with Gasteiger partial charge in [0.15, 0.2) is 0 Å². The molecule has 7 heteroatoms. The maximum atomic E-state index is 12.3. The van der Waals surface area contributed by atoms with Gasteiger partial charge in [-0.15, -0.1) is 0 Å². The molecule has 1 rings (SSSR count). The molecule has 0 N–H and O–H groups in total. The summed E-state index contributed by atoms with van der Waals surface area (Å²) in [5.41, 5.74) is 0. The molecule has 0 aliphatic heterocycles.